The van der Waals surface area contributed by atoms with E-state index in [2.05, 4.69) is 0 Å². The van der Waals surface area contributed by atoms with E-state index in [-0.39, 0.29) is 0 Å². The first-order valence-electron chi connectivity index (χ1n) is 1.67. The topological polar surface area (TPSA) is 170 Å². The SMILES string of the molecule is [O]=[Cr](=[O])([O-])([O-])[O][Cr](=[O])(=[O])([O-])[O-]. The third-order valence-corrected chi connectivity index (χ3v) is 3.78. The molecule has 0 amide bonds. The van der Waals surface area contributed by atoms with E-state index in [4.69, 9.17) is 0 Å². The molecule has 0 saturated carbocycles. The third-order valence-electron chi connectivity index (χ3n) is 0.222. The van der Waals surface area contributed by atoms with Crippen molar-refractivity contribution < 1.29 is 60.4 Å². The fourth-order valence-corrected chi connectivity index (χ4v) is 3.08. The third kappa shape index (κ3) is 10.1. The van der Waals surface area contributed by atoms with Crippen LogP contribution >= 0.6 is 0 Å². The summed E-state index contributed by atoms with van der Waals surface area (Å²) in [4.78, 5) is 0. The van der Waals surface area contributed by atoms with Gasteiger partial charge in [0.15, 0.2) is 0 Å². The van der Waals surface area contributed by atoms with Crippen LogP contribution < -0.4 is 16.6 Å². The van der Waals surface area contributed by atoms with Gasteiger partial charge in [0, 0.05) is 0 Å². The second-order valence-corrected chi connectivity index (χ2v) is 6.77. The molecular formula is Cr2O9-4. The van der Waals surface area contributed by atoms with Crippen molar-refractivity contribution in [1.29, 1.82) is 0 Å². The fraction of sp³-hybridized carbons (Fsp3) is 0. The molecule has 0 N–H and O–H groups in total. The van der Waals surface area contributed by atoms with Crippen LogP contribution in [0.15, 0.2) is 0 Å². The van der Waals surface area contributed by atoms with Crippen molar-refractivity contribution in [3.8, 4) is 0 Å². The van der Waals surface area contributed by atoms with Gasteiger partial charge in [-0.05, 0) is 0 Å². The number of hydrogen-bond acceptors (Lipinski definition) is 9. The second-order valence-electron chi connectivity index (χ2n) is 1.43. The molecule has 0 unspecified atom stereocenters. The van der Waals surface area contributed by atoms with Crippen LogP contribution in [0.1, 0.15) is 0 Å². The molecule has 0 radical (unpaired) electrons. The van der Waals surface area contributed by atoms with Crippen molar-refractivity contribution in [2.24, 2.45) is 0 Å². The molecule has 0 heterocycles. The van der Waals surface area contributed by atoms with Crippen molar-refractivity contribution in [3.05, 3.63) is 0 Å². The zero-order valence-electron chi connectivity index (χ0n) is 4.49. The molecule has 11 heavy (non-hydrogen) atoms. The molecule has 0 aliphatic heterocycles. The van der Waals surface area contributed by atoms with Crippen LogP contribution in [0.3, 0.4) is 0 Å². The molecule has 0 rings (SSSR count). The molecule has 70 valence electrons. The molecule has 9 nitrogen and oxygen atoms in total. The van der Waals surface area contributed by atoms with Crippen LogP contribution in [-0.4, -0.2) is 0 Å². The van der Waals surface area contributed by atoms with Gasteiger partial charge in [0.2, 0.25) is 0 Å². The molecule has 0 aliphatic rings. The van der Waals surface area contributed by atoms with Gasteiger partial charge in [-0.1, -0.05) is 0 Å². The van der Waals surface area contributed by atoms with E-state index in [1.54, 1.807) is 0 Å². The first-order valence-corrected chi connectivity index (χ1v) is 6.87. The molecule has 0 atom stereocenters. The minimum atomic E-state index is -8.38. The average Bonchev–Trinajstić information content (AvgIpc) is 1.04. The molecule has 0 aromatic carbocycles. The van der Waals surface area contributed by atoms with Gasteiger partial charge >= 0.3 is 60.4 Å². The summed E-state index contributed by atoms with van der Waals surface area (Å²) in [5, 5.41) is 0. The van der Waals surface area contributed by atoms with E-state index < -0.39 is 25.8 Å². The van der Waals surface area contributed by atoms with Crippen LogP contribution in [0.25, 0.3) is 0 Å². The molecular weight excluding hydrogens is 248 g/mol. The standard InChI is InChI=1S/2Cr.9O/q;;;;;;;4*-1. The molecule has 0 saturated heterocycles. The molecule has 0 aliphatic carbocycles. The summed E-state index contributed by atoms with van der Waals surface area (Å²) in [6.07, 6.45) is 0. The van der Waals surface area contributed by atoms with Crippen molar-refractivity contribution in [3.63, 3.8) is 0 Å². The zero-order valence-corrected chi connectivity index (χ0v) is 7.04. The number of hydrogen-bond donors (Lipinski definition) is 0. The van der Waals surface area contributed by atoms with Crippen molar-refractivity contribution in [2.75, 3.05) is 0 Å². The molecule has 0 fully saturated rings. The maximum atomic E-state index is 9.42. The van der Waals surface area contributed by atoms with Gasteiger partial charge in [0.1, 0.15) is 0 Å². The van der Waals surface area contributed by atoms with Crippen LogP contribution in [0.2, 0.25) is 0 Å². The van der Waals surface area contributed by atoms with Crippen molar-refractivity contribution in [1.82, 2.24) is 0 Å². The molecule has 0 aromatic rings. The van der Waals surface area contributed by atoms with Gasteiger partial charge in [-0.15, -0.1) is 0 Å². The predicted octanol–water partition coefficient (Wildman–Crippen LogP) is -5.30. The van der Waals surface area contributed by atoms with E-state index in [1.165, 1.54) is 0 Å². The summed E-state index contributed by atoms with van der Waals surface area (Å²) in [6.45, 7) is 0. The van der Waals surface area contributed by atoms with Crippen molar-refractivity contribution in [2.45, 2.75) is 0 Å². The van der Waals surface area contributed by atoms with Gasteiger partial charge in [-0.2, -0.15) is 0 Å². The first kappa shape index (κ1) is 11.1. The fourth-order valence-electron chi connectivity index (χ4n) is 0.181. The monoisotopic (exact) mass is 248 g/mol. The van der Waals surface area contributed by atoms with Gasteiger partial charge in [-0.25, -0.2) is 0 Å². The molecule has 0 aromatic heterocycles. The van der Waals surface area contributed by atoms with Gasteiger partial charge in [0.25, 0.3) is 0 Å². The zero-order chi connectivity index (χ0) is 9.60. The van der Waals surface area contributed by atoms with E-state index >= 15 is 0 Å². The van der Waals surface area contributed by atoms with E-state index in [1.807, 2.05) is 2.84 Å². The van der Waals surface area contributed by atoms with Gasteiger partial charge in [-0.3, -0.25) is 0 Å². The Morgan fingerprint density at radius 2 is 0.909 bits per heavy atom. The van der Waals surface area contributed by atoms with Crippen LogP contribution in [0.4, 0.5) is 0 Å². The van der Waals surface area contributed by atoms with Crippen LogP contribution in [0, 0.1) is 0 Å². The van der Waals surface area contributed by atoms with Crippen LogP contribution in [0.5, 0.6) is 0 Å². The Bertz CT molecular complexity index is 344. The first-order chi connectivity index (χ1) is 4.21. The molecule has 11 heteroatoms. The maximum absolute atomic E-state index is 9.42. The Balaban J connectivity index is 5.21. The summed E-state index contributed by atoms with van der Waals surface area (Å²) >= 11 is -16.8. The Morgan fingerprint density at radius 1 is 0.727 bits per heavy atom. The molecule has 0 bridgehead atoms. The summed E-state index contributed by atoms with van der Waals surface area (Å²) in [5.41, 5.74) is 0. The summed E-state index contributed by atoms with van der Waals surface area (Å²) in [7, 11) is 0. The van der Waals surface area contributed by atoms with Gasteiger partial charge in [0.05, 0.1) is 0 Å². The average molecular weight is 248 g/mol. The Labute approximate surface area is 60.9 Å². The predicted molar refractivity (Wildman–Crippen MR) is 3.83 cm³/mol. The summed E-state index contributed by atoms with van der Waals surface area (Å²) < 4.78 is 77.2. The Morgan fingerprint density at radius 3 is 0.909 bits per heavy atom. The Hall–Kier alpha value is 0.0649. The summed E-state index contributed by atoms with van der Waals surface area (Å²) in [5.74, 6) is 0. The quantitative estimate of drug-likeness (QED) is 0.462. The minimum absolute atomic E-state index is 1.89. The normalized spacial score (nSPS) is 21.1. The van der Waals surface area contributed by atoms with E-state index in [9.17, 15) is 31.8 Å². The summed E-state index contributed by atoms with van der Waals surface area (Å²) in [6, 6.07) is 0. The Kier molecular flexibility index (Phi) is 1.87. The van der Waals surface area contributed by atoms with Crippen molar-refractivity contribution >= 4 is 0 Å². The van der Waals surface area contributed by atoms with Crippen LogP contribution in [-0.2, 0) is 43.8 Å². The second kappa shape index (κ2) is 1.86. The molecule has 0 spiro atoms. The van der Waals surface area contributed by atoms with Gasteiger partial charge < -0.3 is 0 Å². The van der Waals surface area contributed by atoms with E-state index in [0.717, 1.165) is 0 Å². The number of rotatable bonds is 2. The van der Waals surface area contributed by atoms with E-state index in [0.29, 0.717) is 0 Å².